The number of aryl methyl sites for hydroxylation is 2. The minimum atomic E-state index is 0.664. The zero-order valence-corrected chi connectivity index (χ0v) is 13.3. The lowest BCUT2D eigenvalue weighted by molar-refractivity contribution is 1.06. The van der Waals surface area contributed by atoms with Gasteiger partial charge in [-0.2, -0.15) is 5.26 Å². The Morgan fingerprint density at radius 3 is 2.43 bits per heavy atom. The summed E-state index contributed by atoms with van der Waals surface area (Å²) in [5.41, 5.74) is 6.10. The number of benzene rings is 2. The van der Waals surface area contributed by atoms with Gasteiger partial charge in [0.15, 0.2) is 0 Å². The Morgan fingerprint density at radius 1 is 0.957 bits per heavy atom. The molecule has 1 aromatic heterocycles. The van der Waals surface area contributed by atoms with Gasteiger partial charge in [0, 0.05) is 17.6 Å². The summed E-state index contributed by atoms with van der Waals surface area (Å²) in [6.07, 6.45) is 3.96. The third kappa shape index (κ3) is 3.25. The highest BCUT2D eigenvalue weighted by Crippen LogP contribution is 2.21. The van der Waals surface area contributed by atoms with Crippen LogP contribution in [0.15, 0.2) is 66.9 Å². The Morgan fingerprint density at radius 2 is 1.74 bits per heavy atom. The van der Waals surface area contributed by atoms with Crippen LogP contribution in [0, 0.1) is 25.2 Å². The summed E-state index contributed by atoms with van der Waals surface area (Å²) in [4.78, 5) is 0. The fraction of sp³-hybridized carbons (Fsp3) is 0.0952. The van der Waals surface area contributed by atoms with Gasteiger partial charge in [0.2, 0.25) is 0 Å². The largest absolute Gasteiger partial charge is 0.317 e. The number of hydrogen-bond donors (Lipinski definition) is 0. The second kappa shape index (κ2) is 6.37. The van der Waals surface area contributed by atoms with Gasteiger partial charge >= 0.3 is 0 Å². The molecule has 0 aliphatic rings. The third-order valence-corrected chi connectivity index (χ3v) is 3.84. The van der Waals surface area contributed by atoms with Crippen LogP contribution in [0.1, 0.15) is 22.4 Å². The van der Waals surface area contributed by atoms with Crippen LogP contribution in [-0.4, -0.2) is 4.57 Å². The van der Waals surface area contributed by atoms with Crippen molar-refractivity contribution in [2.24, 2.45) is 0 Å². The monoisotopic (exact) mass is 298 g/mol. The number of rotatable bonds is 3. The molecule has 1 heterocycles. The molecule has 112 valence electrons. The molecule has 0 spiro atoms. The second-order valence-corrected chi connectivity index (χ2v) is 5.68. The number of hydrogen-bond acceptors (Lipinski definition) is 1. The first-order chi connectivity index (χ1) is 11.2. The molecule has 0 bridgehead atoms. The fourth-order valence-corrected chi connectivity index (χ4v) is 2.59. The minimum Gasteiger partial charge on any atom is -0.317 e. The van der Waals surface area contributed by atoms with Gasteiger partial charge in [-0.15, -0.1) is 0 Å². The van der Waals surface area contributed by atoms with Crippen LogP contribution in [0.25, 0.3) is 17.3 Å². The molecule has 0 atom stereocenters. The van der Waals surface area contributed by atoms with Crippen molar-refractivity contribution in [2.75, 3.05) is 0 Å². The highest BCUT2D eigenvalue weighted by molar-refractivity contribution is 5.89. The predicted molar refractivity (Wildman–Crippen MR) is 95.2 cm³/mol. The average molecular weight is 298 g/mol. The van der Waals surface area contributed by atoms with Crippen molar-refractivity contribution in [3.63, 3.8) is 0 Å². The molecule has 0 amide bonds. The van der Waals surface area contributed by atoms with Crippen LogP contribution in [0.2, 0.25) is 0 Å². The van der Waals surface area contributed by atoms with E-state index < -0.39 is 0 Å². The number of allylic oxidation sites excluding steroid dienone is 1. The Hall–Kier alpha value is -3.05. The van der Waals surface area contributed by atoms with Crippen LogP contribution in [0.5, 0.6) is 0 Å². The smallest absolute Gasteiger partial charge is 0.0998 e. The van der Waals surface area contributed by atoms with E-state index in [2.05, 4.69) is 35.8 Å². The zero-order chi connectivity index (χ0) is 16.2. The van der Waals surface area contributed by atoms with Crippen LogP contribution in [-0.2, 0) is 0 Å². The quantitative estimate of drug-likeness (QED) is 0.614. The third-order valence-electron chi connectivity index (χ3n) is 3.84. The standard InChI is InChI=1S/C21H18N2/c1-16-8-10-18(11-9-16)19(15-22)14-21-7-4-12-23(21)20-6-3-5-17(2)13-20/h3-14H,1-2H3/b19-14-. The first-order valence-electron chi connectivity index (χ1n) is 7.60. The molecule has 23 heavy (non-hydrogen) atoms. The van der Waals surface area contributed by atoms with Crippen LogP contribution < -0.4 is 0 Å². The lowest BCUT2D eigenvalue weighted by Gasteiger charge is -2.08. The normalized spacial score (nSPS) is 11.3. The Balaban J connectivity index is 2.04. The molecule has 2 aromatic carbocycles. The number of nitrogens with zero attached hydrogens (tertiary/aromatic N) is 2. The van der Waals surface area contributed by atoms with E-state index in [1.165, 1.54) is 11.1 Å². The molecule has 2 nitrogen and oxygen atoms in total. The number of aromatic nitrogens is 1. The number of nitriles is 1. The van der Waals surface area contributed by atoms with Crippen molar-refractivity contribution >= 4 is 11.6 Å². The maximum absolute atomic E-state index is 9.53. The minimum absolute atomic E-state index is 0.664. The summed E-state index contributed by atoms with van der Waals surface area (Å²) in [7, 11) is 0. The van der Waals surface area contributed by atoms with Gasteiger partial charge in [-0.25, -0.2) is 0 Å². The van der Waals surface area contributed by atoms with Crippen LogP contribution in [0.4, 0.5) is 0 Å². The molecule has 0 saturated carbocycles. The molecule has 0 fully saturated rings. The Bertz CT molecular complexity index is 890. The van der Waals surface area contributed by atoms with E-state index in [-0.39, 0.29) is 0 Å². The maximum atomic E-state index is 9.53. The molecule has 0 unspecified atom stereocenters. The van der Waals surface area contributed by atoms with Crippen molar-refractivity contribution in [1.29, 1.82) is 5.26 Å². The highest BCUT2D eigenvalue weighted by Gasteiger charge is 2.05. The first kappa shape index (κ1) is 14.9. The van der Waals surface area contributed by atoms with Crippen molar-refractivity contribution in [1.82, 2.24) is 4.57 Å². The van der Waals surface area contributed by atoms with Gasteiger partial charge in [-0.05, 0) is 55.3 Å². The maximum Gasteiger partial charge on any atom is 0.0998 e. The molecule has 3 rings (SSSR count). The summed E-state index contributed by atoms with van der Waals surface area (Å²) in [5, 5.41) is 9.53. The first-order valence-corrected chi connectivity index (χ1v) is 7.60. The van der Waals surface area contributed by atoms with Gasteiger partial charge in [-0.3, -0.25) is 0 Å². The SMILES string of the molecule is Cc1ccc(/C(C#N)=C\c2cccn2-c2cccc(C)c2)cc1. The van der Waals surface area contributed by atoms with Gasteiger partial charge in [-0.1, -0.05) is 42.0 Å². The fourth-order valence-electron chi connectivity index (χ4n) is 2.59. The van der Waals surface area contributed by atoms with Crippen LogP contribution in [0.3, 0.4) is 0 Å². The average Bonchev–Trinajstić information content (AvgIpc) is 3.02. The molecular weight excluding hydrogens is 280 g/mol. The van der Waals surface area contributed by atoms with Gasteiger partial charge in [0.1, 0.15) is 0 Å². The second-order valence-electron chi connectivity index (χ2n) is 5.68. The van der Waals surface area contributed by atoms with E-state index >= 15 is 0 Å². The predicted octanol–water partition coefficient (Wildman–Crippen LogP) is 5.16. The lowest BCUT2D eigenvalue weighted by Crippen LogP contribution is -1.95. The van der Waals surface area contributed by atoms with Gasteiger partial charge < -0.3 is 4.57 Å². The van der Waals surface area contributed by atoms with Gasteiger partial charge in [0.05, 0.1) is 11.6 Å². The summed E-state index contributed by atoms with van der Waals surface area (Å²) in [6, 6.07) is 22.7. The van der Waals surface area contributed by atoms with E-state index in [1.54, 1.807) is 0 Å². The van der Waals surface area contributed by atoms with Gasteiger partial charge in [0.25, 0.3) is 0 Å². The summed E-state index contributed by atoms with van der Waals surface area (Å²) >= 11 is 0. The molecule has 3 aromatic rings. The molecule has 0 saturated heterocycles. The molecule has 0 N–H and O–H groups in total. The van der Waals surface area contributed by atoms with E-state index in [0.29, 0.717) is 5.57 Å². The Labute approximate surface area is 136 Å². The molecular formula is C21H18N2. The van der Waals surface area contributed by atoms with Crippen molar-refractivity contribution in [3.8, 4) is 11.8 Å². The van der Waals surface area contributed by atoms with E-state index in [4.69, 9.17) is 0 Å². The Kier molecular flexibility index (Phi) is 4.12. The molecule has 0 radical (unpaired) electrons. The summed E-state index contributed by atoms with van der Waals surface area (Å²) < 4.78 is 2.10. The van der Waals surface area contributed by atoms with E-state index in [0.717, 1.165) is 16.9 Å². The molecule has 0 aliphatic heterocycles. The van der Waals surface area contributed by atoms with Crippen molar-refractivity contribution in [3.05, 3.63) is 89.2 Å². The van der Waals surface area contributed by atoms with E-state index in [9.17, 15) is 5.26 Å². The molecule has 2 heteroatoms. The zero-order valence-electron chi connectivity index (χ0n) is 13.3. The lowest BCUT2D eigenvalue weighted by atomic mass is 10.0. The topological polar surface area (TPSA) is 28.7 Å². The van der Waals surface area contributed by atoms with Crippen molar-refractivity contribution in [2.45, 2.75) is 13.8 Å². The molecule has 0 aliphatic carbocycles. The highest BCUT2D eigenvalue weighted by atomic mass is 15.0. The summed E-state index contributed by atoms with van der Waals surface area (Å²) in [6.45, 7) is 4.12. The van der Waals surface area contributed by atoms with Crippen LogP contribution >= 0.6 is 0 Å². The summed E-state index contributed by atoms with van der Waals surface area (Å²) in [5.74, 6) is 0. The van der Waals surface area contributed by atoms with Crippen molar-refractivity contribution < 1.29 is 0 Å². The van der Waals surface area contributed by atoms with E-state index in [1.807, 2.05) is 61.7 Å².